The first kappa shape index (κ1) is 9.04. The fourth-order valence-electron chi connectivity index (χ4n) is 0.863. The van der Waals surface area contributed by atoms with Crippen molar-refractivity contribution in [3.05, 3.63) is 43.8 Å². The maximum atomic E-state index is 10.8. The molecule has 0 radical (unpaired) electrons. The first-order valence-electron chi connectivity index (χ1n) is 3.26. The molecule has 0 bridgehead atoms. The third kappa shape index (κ3) is 1.75. The molecule has 0 atom stereocenters. The highest BCUT2D eigenvalue weighted by atomic mass is 16.6. The molecule has 0 amide bonds. The molecule has 1 aliphatic carbocycles. The van der Waals surface area contributed by atoms with Crippen molar-refractivity contribution in [1.29, 1.82) is 0 Å². The van der Waals surface area contributed by atoms with Crippen LogP contribution in [0.15, 0.2) is 23.5 Å². The summed E-state index contributed by atoms with van der Waals surface area (Å²) in [6, 6.07) is 0. The highest BCUT2D eigenvalue weighted by Gasteiger charge is 2.28. The number of carbonyl (C=O) groups excluding carboxylic acids is 1. The SMILES string of the molecule is O=C1CC=C([N+](=O)[O-])C=C1[N+](=O)[O-]. The standard InChI is InChI=1S/C6H4N2O5/c9-6-2-1-4(7(10)11)3-5(6)8(12)13/h1,3H,2H2. The number of nitrogens with zero attached hydrogens (tertiary/aromatic N) is 2. The lowest BCUT2D eigenvalue weighted by Gasteiger charge is -1.99. The molecule has 0 aromatic heterocycles. The van der Waals surface area contributed by atoms with Gasteiger partial charge in [0, 0.05) is 12.5 Å². The summed E-state index contributed by atoms with van der Waals surface area (Å²) in [5.74, 6) is -0.712. The second-order valence-electron chi connectivity index (χ2n) is 2.30. The number of nitro groups is 2. The van der Waals surface area contributed by atoms with Gasteiger partial charge in [0.1, 0.15) is 0 Å². The topological polar surface area (TPSA) is 103 Å². The second kappa shape index (κ2) is 3.13. The Labute approximate surface area is 71.6 Å². The van der Waals surface area contributed by atoms with Crippen LogP contribution >= 0.6 is 0 Å². The normalized spacial score (nSPS) is 16.2. The molecule has 0 saturated carbocycles. The molecule has 0 N–H and O–H groups in total. The van der Waals surface area contributed by atoms with E-state index in [-0.39, 0.29) is 6.42 Å². The monoisotopic (exact) mass is 184 g/mol. The zero-order chi connectivity index (χ0) is 10.0. The van der Waals surface area contributed by atoms with E-state index in [0.29, 0.717) is 6.08 Å². The summed E-state index contributed by atoms with van der Waals surface area (Å²) in [4.78, 5) is 29.5. The molecule has 0 fully saturated rings. The molecule has 0 saturated heterocycles. The van der Waals surface area contributed by atoms with Crippen LogP contribution in [0.3, 0.4) is 0 Å². The Morgan fingerprint density at radius 1 is 1.23 bits per heavy atom. The molecule has 0 aromatic carbocycles. The maximum absolute atomic E-state index is 10.8. The highest BCUT2D eigenvalue weighted by molar-refractivity contribution is 5.95. The Hall–Kier alpha value is -2.05. The van der Waals surface area contributed by atoms with Crippen LogP contribution in [-0.2, 0) is 4.79 Å². The van der Waals surface area contributed by atoms with Gasteiger partial charge in [-0.15, -0.1) is 0 Å². The Morgan fingerprint density at radius 3 is 2.31 bits per heavy atom. The number of carbonyl (C=O) groups is 1. The summed E-state index contributed by atoms with van der Waals surface area (Å²) in [7, 11) is 0. The van der Waals surface area contributed by atoms with E-state index in [1.54, 1.807) is 0 Å². The van der Waals surface area contributed by atoms with Crippen molar-refractivity contribution in [2.24, 2.45) is 0 Å². The van der Waals surface area contributed by atoms with E-state index in [4.69, 9.17) is 0 Å². The van der Waals surface area contributed by atoms with E-state index >= 15 is 0 Å². The molecule has 7 nitrogen and oxygen atoms in total. The van der Waals surface area contributed by atoms with Gasteiger partial charge in [-0.1, -0.05) is 0 Å². The second-order valence-corrected chi connectivity index (χ2v) is 2.30. The summed E-state index contributed by atoms with van der Waals surface area (Å²) in [6.45, 7) is 0. The lowest BCUT2D eigenvalue weighted by atomic mass is 10.1. The van der Waals surface area contributed by atoms with Crippen molar-refractivity contribution in [1.82, 2.24) is 0 Å². The van der Waals surface area contributed by atoms with Crippen LogP contribution in [-0.4, -0.2) is 15.6 Å². The third-order valence-corrected chi connectivity index (χ3v) is 1.47. The number of hydrogen-bond donors (Lipinski definition) is 0. The van der Waals surface area contributed by atoms with Crippen LogP contribution in [0.2, 0.25) is 0 Å². The van der Waals surface area contributed by atoms with Crippen LogP contribution < -0.4 is 0 Å². The Kier molecular flexibility index (Phi) is 2.18. The maximum Gasteiger partial charge on any atom is 0.319 e. The van der Waals surface area contributed by atoms with Crippen molar-refractivity contribution >= 4 is 5.78 Å². The van der Waals surface area contributed by atoms with Gasteiger partial charge in [0.05, 0.1) is 15.9 Å². The summed E-state index contributed by atoms with van der Waals surface area (Å²) in [6.07, 6.45) is 1.43. The molecule has 0 unspecified atom stereocenters. The van der Waals surface area contributed by atoms with Gasteiger partial charge in [-0.3, -0.25) is 25.0 Å². The minimum Gasteiger partial charge on any atom is -0.287 e. The average molecular weight is 184 g/mol. The number of Topliss-reactive ketones (excluding diaryl/α,β-unsaturated/α-hetero) is 1. The summed E-state index contributed by atoms with van der Waals surface area (Å²) >= 11 is 0. The first-order valence-corrected chi connectivity index (χ1v) is 3.26. The predicted octanol–water partition coefficient (Wildman–Crippen LogP) is 0.280. The van der Waals surface area contributed by atoms with Gasteiger partial charge in [0.25, 0.3) is 5.70 Å². The van der Waals surface area contributed by atoms with Crippen LogP contribution in [0.25, 0.3) is 0 Å². The zero-order valence-corrected chi connectivity index (χ0v) is 6.30. The van der Waals surface area contributed by atoms with E-state index in [2.05, 4.69) is 0 Å². The largest absolute Gasteiger partial charge is 0.319 e. The minimum absolute atomic E-state index is 0.289. The Balaban J connectivity index is 3.05. The van der Waals surface area contributed by atoms with E-state index in [0.717, 1.165) is 6.08 Å². The first-order chi connectivity index (χ1) is 6.02. The fourth-order valence-corrected chi connectivity index (χ4v) is 0.863. The molecule has 13 heavy (non-hydrogen) atoms. The minimum atomic E-state index is -0.918. The number of hydrogen-bond acceptors (Lipinski definition) is 5. The Morgan fingerprint density at radius 2 is 1.85 bits per heavy atom. The number of allylic oxidation sites excluding steroid dienone is 3. The molecular formula is C6H4N2O5. The molecule has 0 heterocycles. The zero-order valence-electron chi connectivity index (χ0n) is 6.30. The number of ketones is 1. The Bertz CT molecular complexity index is 354. The van der Waals surface area contributed by atoms with Crippen molar-refractivity contribution in [3.8, 4) is 0 Å². The molecule has 68 valence electrons. The van der Waals surface area contributed by atoms with Gasteiger partial charge in [0.15, 0.2) is 0 Å². The quantitative estimate of drug-likeness (QED) is 0.452. The van der Waals surface area contributed by atoms with Crippen LogP contribution in [0.5, 0.6) is 0 Å². The lowest BCUT2D eigenvalue weighted by Crippen LogP contribution is -2.15. The van der Waals surface area contributed by atoms with Gasteiger partial charge in [-0.2, -0.15) is 0 Å². The molecule has 1 rings (SSSR count). The van der Waals surface area contributed by atoms with Crippen molar-refractivity contribution < 1.29 is 14.6 Å². The van der Waals surface area contributed by atoms with E-state index < -0.39 is 27.0 Å². The van der Waals surface area contributed by atoms with Gasteiger partial charge >= 0.3 is 5.70 Å². The molecule has 0 spiro atoms. The van der Waals surface area contributed by atoms with Crippen molar-refractivity contribution in [2.45, 2.75) is 6.42 Å². The van der Waals surface area contributed by atoms with E-state index in [1.165, 1.54) is 0 Å². The lowest BCUT2D eigenvalue weighted by molar-refractivity contribution is -0.432. The van der Waals surface area contributed by atoms with Gasteiger partial charge in [0.2, 0.25) is 5.78 Å². The molecule has 0 aromatic rings. The average Bonchev–Trinajstić information content (AvgIpc) is 2.04. The van der Waals surface area contributed by atoms with Gasteiger partial charge < -0.3 is 0 Å². The van der Waals surface area contributed by atoms with Crippen LogP contribution in [0.4, 0.5) is 0 Å². The van der Waals surface area contributed by atoms with Gasteiger partial charge in [-0.25, -0.2) is 0 Å². The number of rotatable bonds is 2. The van der Waals surface area contributed by atoms with Crippen LogP contribution in [0.1, 0.15) is 6.42 Å². The van der Waals surface area contributed by atoms with Crippen molar-refractivity contribution in [3.63, 3.8) is 0 Å². The van der Waals surface area contributed by atoms with Crippen molar-refractivity contribution in [2.75, 3.05) is 0 Å². The highest BCUT2D eigenvalue weighted by Crippen LogP contribution is 2.14. The molecule has 0 aliphatic heterocycles. The summed E-state index contributed by atoms with van der Waals surface area (Å²) < 4.78 is 0. The summed E-state index contributed by atoms with van der Waals surface area (Å²) in [5.41, 5.74) is -1.14. The van der Waals surface area contributed by atoms with Crippen LogP contribution in [0, 0.1) is 20.2 Å². The van der Waals surface area contributed by atoms with Gasteiger partial charge in [-0.05, 0) is 0 Å². The fraction of sp³-hybridized carbons (Fsp3) is 0.167. The molecule has 1 aliphatic rings. The van der Waals surface area contributed by atoms with E-state index in [9.17, 15) is 25.0 Å². The summed E-state index contributed by atoms with van der Waals surface area (Å²) in [5, 5.41) is 20.4. The predicted molar refractivity (Wildman–Crippen MR) is 39.8 cm³/mol. The van der Waals surface area contributed by atoms with E-state index in [1.807, 2.05) is 0 Å². The third-order valence-electron chi connectivity index (χ3n) is 1.47. The smallest absolute Gasteiger partial charge is 0.287 e. The molecule has 7 heteroatoms. The molecular weight excluding hydrogens is 180 g/mol.